The molecular weight excluding hydrogens is 430 g/mol. The minimum absolute atomic E-state index is 0.0219. The van der Waals surface area contributed by atoms with Gasteiger partial charge in [0.15, 0.2) is 0 Å². The maximum Gasteiger partial charge on any atom is 0.225 e. The molecular formula is C32H35NO2. The van der Waals surface area contributed by atoms with Crippen LogP contribution in [0.3, 0.4) is 0 Å². The van der Waals surface area contributed by atoms with Gasteiger partial charge < -0.3 is 10.1 Å². The van der Waals surface area contributed by atoms with Gasteiger partial charge in [-0.15, -0.1) is 0 Å². The lowest BCUT2D eigenvalue weighted by Crippen LogP contribution is -2.31. The van der Waals surface area contributed by atoms with Crippen LogP contribution in [-0.2, 0) is 11.2 Å². The molecule has 0 heterocycles. The Balaban J connectivity index is 1.68. The van der Waals surface area contributed by atoms with Gasteiger partial charge in [-0.2, -0.15) is 0 Å². The average molecular weight is 466 g/mol. The zero-order valence-corrected chi connectivity index (χ0v) is 21.2. The summed E-state index contributed by atoms with van der Waals surface area (Å²) in [4.78, 5) is 13.1. The Morgan fingerprint density at radius 3 is 2.37 bits per heavy atom. The lowest BCUT2D eigenvalue weighted by Gasteiger charge is -2.22. The summed E-state index contributed by atoms with van der Waals surface area (Å²) in [6.45, 7) is 12.6. The fraction of sp³-hybridized carbons (Fsp3) is 0.219. The van der Waals surface area contributed by atoms with Crippen LogP contribution in [0, 0.1) is 13.8 Å². The third-order valence-electron chi connectivity index (χ3n) is 5.89. The number of rotatable bonds is 10. The van der Waals surface area contributed by atoms with E-state index in [1.165, 1.54) is 11.1 Å². The molecule has 3 aromatic carbocycles. The molecule has 0 aromatic heterocycles. The van der Waals surface area contributed by atoms with Crippen molar-refractivity contribution in [1.82, 2.24) is 5.32 Å². The first kappa shape index (κ1) is 25.8. The second-order valence-electron chi connectivity index (χ2n) is 8.88. The zero-order chi connectivity index (χ0) is 25.2. The van der Waals surface area contributed by atoms with Gasteiger partial charge in [-0.05, 0) is 67.7 Å². The second-order valence-corrected chi connectivity index (χ2v) is 8.88. The fourth-order valence-corrected chi connectivity index (χ4v) is 3.92. The first-order valence-electron chi connectivity index (χ1n) is 12.0. The third kappa shape index (κ3) is 7.58. The smallest absolute Gasteiger partial charge is 0.225 e. The molecule has 35 heavy (non-hydrogen) atoms. The molecule has 0 spiro atoms. The first-order valence-corrected chi connectivity index (χ1v) is 12.0. The summed E-state index contributed by atoms with van der Waals surface area (Å²) in [6, 6.07) is 24.0. The first-order chi connectivity index (χ1) is 16.9. The van der Waals surface area contributed by atoms with Crippen LogP contribution in [0.5, 0.6) is 5.75 Å². The molecule has 0 radical (unpaired) electrons. The van der Waals surface area contributed by atoms with Crippen LogP contribution < -0.4 is 10.1 Å². The lowest BCUT2D eigenvalue weighted by atomic mass is 9.93. The van der Waals surface area contributed by atoms with Crippen molar-refractivity contribution in [1.29, 1.82) is 0 Å². The largest absolute Gasteiger partial charge is 0.489 e. The Labute approximate surface area is 209 Å². The number of aryl methyl sites for hydroxylation is 2. The van der Waals surface area contributed by atoms with Gasteiger partial charge in [-0.3, -0.25) is 4.79 Å². The van der Waals surface area contributed by atoms with Crippen LogP contribution in [0.4, 0.5) is 0 Å². The van der Waals surface area contributed by atoms with Gasteiger partial charge in [0.2, 0.25) is 5.91 Å². The van der Waals surface area contributed by atoms with Gasteiger partial charge in [0.25, 0.3) is 0 Å². The van der Waals surface area contributed by atoms with Crippen LogP contribution in [-0.4, -0.2) is 12.5 Å². The van der Waals surface area contributed by atoms with Gasteiger partial charge in [0, 0.05) is 0 Å². The molecule has 3 aromatic rings. The minimum Gasteiger partial charge on any atom is -0.489 e. The molecule has 1 amide bonds. The number of carbonyl (C=O) groups is 1. The Hall–Kier alpha value is -3.85. The molecule has 1 unspecified atom stereocenters. The number of benzene rings is 3. The quantitative estimate of drug-likeness (QED) is 0.321. The van der Waals surface area contributed by atoms with E-state index < -0.39 is 0 Å². The topological polar surface area (TPSA) is 38.3 Å². The number of nitrogens with one attached hydrogen (secondary N) is 1. The Kier molecular flexibility index (Phi) is 9.25. The molecule has 1 atom stereocenters. The molecule has 0 aliphatic carbocycles. The Morgan fingerprint density at radius 1 is 1.03 bits per heavy atom. The number of amides is 1. The summed E-state index contributed by atoms with van der Waals surface area (Å²) in [5.41, 5.74) is 7.51. The molecule has 0 bridgehead atoms. The van der Waals surface area contributed by atoms with Crippen LogP contribution in [0.1, 0.15) is 47.7 Å². The highest BCUT2D eigenvalue weighted by Gasteiger charge is 2.19. The van der Waals surface area contributed by atoms with Crippen LogP contribution in [0.25, 0.3) is 0 Å². The van der Waals surface area contributed by atoms with Crippen molar-refractivity contribution in [3.8, 4) is 5.75 Å². The maximum absolute atomic E-state index is 13.1. The number of ether oxygens (including phenoxy) is 1. The third-order valence-corrected chi connectivity index (χ3v) is 5.89. The van der Waals surface area contributed by atoms with Gasteiger partial charge in [-0.25, -0.2) is 0 Å². The molecule has 3 rings (SSSR count). The SMILES string of the molecule is C=C(C)/C(=C\C=C/C)COc1ccc(CC(=O)NC(c2ccccc2)c2ccc(C)cc2C)cc1. The molecule has 0 saturated carbocycles. The summed E-state index contributed by atoms with van der Waals surface area (Å²) in [7, 11) is 0. The van der Waals surface area contributed by atoms with Gasteiger partial charge in [-0.1, -0.05) is 96.6 Å². The summed E-state index contributed by atoms with van der Waals surface area (Å²) >= 11 is 0. The van der Waals surface area contributed by atoms with Crippen molar-refractivity contribution in [2.45, 2.75) is 40.2 Å². The lowest BCUT2D eigenvalue weighted by molar-refractivity contribution is -0.120. The van der Waals surface area contributed by atoms with Crippen LogP contribution in [0.15, 0.2) is 109 Å². The van der Waals surface area contributed by atoms with Crippen LogP contribution in [0.2, 0.25) is 0 Å². The molecule has 0 fully saturated rings. The van der Waals surface area contributed by atoms with Gasteiger partial charge in [0.1, 0.15) is 12.4 Å². The maximum atomic E-state index is 13.1. The predicted molar refractivity (Wildman–Crippen MR) is 146 cm³/mol. The number of hydrogen-bond donors (Lipinski definition) is 1. The standard InChI is InChI=1S/C32H35NO2/c1-6-7-11-28(23(2)3)22-35-29-17-15-26(16-18-29)21-31(34)33-32(27-12-9-8-10-13-27)30-19-14-24(4)20-25(30)5/h6-20,32H,2,21-22H2,1,3-5H3,(H,33,34)/b7-6-,28-11-. The molecule has 1 N–H and O–H groups in total. The molecule has 0 aliphatic heterocycles. The number of carbonyl (C=O) groups excluding carboxylic acids is 1. The molecule has 0 saturated heterocycles. The second kappa shape index (κ2) is 12.6. The summed E-state index contributed by atoms with van der Waals surface area (Å²) in [6.07, 6.45) is 6.27. The number of allylic oxidation sites excluding steroid dienone is 3. The minimum atomic E-state index is -0.198. The normalized spacial score (nSPS) is 12.4. The molecule has 3 heteroatoms. The van der Waals surface area contributed by atoms with E-state index in [4.69, 9.17) is 4.74 Å². The summed E-state index contributed by atoms with van der Waals surface area (Å²) in [5.74, 6) is 0.741. The van der Waals surface area contributed by atoms with Gasteiger partial charge >= 0.3 is 0 Å². The van der Waals surface area contributed by atoms with Crippen molar-refractivity contribution in [3.05, 3.63) is 137 Å². The van der Waals surface area contributed by atoms with Crippen molar-refractivity contribution >= 4 is 5.91 Å². The number of hydrogen-bond acceptors (Lipinski definition) is 2. The van der Waals surface area contributed by atoms with E-state index in [0.717, 1.165) is 33.6 Å². The Morgan fingerprint density at radius 2 is 1.74 bits per heavy atom. The highest BCUT2D eigenvalue weighted by Crippen LogP contribution is 2.26. The molecule has 0 aliphatic rings. The Bertz CT molecular complexity index is 1200. The van der Waals surface area contributed by atoms with Crippen LogP contribution >= 0.6 is 0 Å². The van der Waals surface area contributed by atoms with E-state index >= 15 is 0 Å². The van der Waals surface area contributed by atoms with E-state index in [-0.39, 0.29) is 11.9 Å². The fourth-order valence-electron chi connectivity index (χ4n) is 3.92. The molecule has 3 nitrogen and oxygen atoms in total. The van der Waals surface area contributed by atoms with E-state index in [1.807, 2.05) is 74.5 Å². The summed E-state index contributed by atoms with van der Waals surface area (Å²) < 4.78 is 5.93. The monoisotopic (exact) mass is 465 g/mol. The average Bonchev–Trinajstić information content (AvgIpc) is 2.84. The van der Waals surface area contributed by atoms with Crippen molar-refractivity contribution in [3.63, 3.8) is 0 Å². The van der Waals surface area contributed by atoms with E-state index in [0.29, 0.717) is 13.0 Å². The highest BCUT2D eigenvalue weighted by atomic mass is 16.5. The van der Waals surface area contributed by atoms with Gasteiger partial charge in [0.05, 0.1) is 12.5 Å². The predicted octanol–water partition coefficient (Wildman–Crippen LogP) is 7.21. The van der Waals surface area contributed by atoms with E-state index in [9.17, 15) is 4.79 Å². The van der Waals surface area contributed by atoms with E-state index in [1.54, 1.807) is 0 Å². The highest BCUT2D eigenvalue weighted by molar-refractivity contribution is 5.79. The zero-order valence-electron chi connectivity index (χ0n) is 21.2. The van der Waals surface area contributed by atoms with Crippen molar-refractivity contribution < 1.29 is 9.53 Å². The van der Waals surface area contributed by atoms with Crippen molar-refractivity contribution in [2.75, 3.05) is 6.61 Å². The summed E-state index contributed by atoms with van der Waals surface area (Å²) in [5, 5.41) is 3.25. The van der Waals surface area contributed by atoms with E-state index in [2.05, 4.69) is 56.1 Å². The molecule has 180 valence electrons. The van der Waals surface area contributed by atoms with Crippen molar-refractivity contribution in [2.24, 2.45) is 0 Å².